The monoisotopic (exact) mass is 266 g/mol. The third kappa shape index (κ3) is 3.56. The molecule has 4 nitrogen and oxygen atoms in total. The maximum atomic E-state index is 12.5. The second-order valence-electron chi connectivity index (χ2n) is 6.00. The largest absolute Gasteiger partial charge is 0.341 e. The summed E-state index contributed by atoms with van der Waals surface area (Å²) in [4.78, 5) is 27.9. The van der Waals surface area contributed by atoms with E-state index in [-0.39, 0.29) is 11.9 Å². The second kappa shape index (κ2) is 6.51. The molecule has 2 aliphatic rings. The summed E-state index contributed by atoms with van der Waals surface area (Å²) in [6.07, 6.45) is 6.71. The Morgan fingerprint density at radius 3 is 2.37 bits per heavy atom. The van der Waals surface area contributed by atoms with E-state index in [0.29, 0.717) is 24.7 Å². The number of likely N-dealkylation sites (tertiary alicyclic amines) is 1. The van der Waals surface area contributed by atoms with Crippen molar-refractivity contribution < 1.29 is 9.59 Å². The Morgan fingerprint density at radius 1 is 1.21 bits per heavy atom. The molecule has 0 radical (unpaired) electrons. The molecule has 1 saturated carbocycles. The van der Waals surface area contributed by atoms with Crippen LogP contribution in [0.15, 0.2) is 0 Å². The maximum absolute atomic E-state index is 12.5. The van der Waals surface area contributed by atoms with Crippen LogP contribution in [-0.4, -0.2) is 53.7 Å². The van der Waals surface area contributed by atoms with Gasteiger partial charge >= 0.3 is 0 Å². The number of Topliss-reactive ketones (excluding diaryl/α,β-unsaturated/α-hetero) is 1. The van der Waals surface area contributed by atoms with E-state index < -0.39 is 0 Å². The van der Waals surface area contributed by atoms with Crippen LogP contribution in [0.2, 0.25) is 0 Å². The Labute approximate surface area is 116 Å². The first-order chi connectivity index (χ1) is 9.09. The summed E-state index contributed by atoms with van der Waals surface area (Å²) in [5, 5.41) is 0. The fourth-order valence-electron chi connectivity index (χ4n) is 3.20. The van der Waals surface area contributed by atoms with E-state index in [2.05, 4.69) is 4.90 Å². The first-order valence-corrected chi connectivity index (χ1v) is 7.62. The predicted octanol–water partition coefficient (Wildman–Crippen LogP) is 1.83. The average molecular weight is 266 g/mol. The molecular formula is C15H26N2O2. The number of hydrogen-bond acceptors (Lipinski definition) is 3. The summed E-state index contributed by atoms with van der Waals surface area (Å²) < 4.78 is 0. The minimum atomic E-state index is -0.0590. The summed E-state index contributed by atoms with van der Waals surface area (Å²) in [7, 11) is 2.03. The second-order valence-corrected chi connectivity index (χ2v) is 6.00. The molecule has 0 aromatic rings. The van der Waals surface area contributed by atoms with Crippen LogP contribution in [0.1, 0.15) is 51.9 Å². The normalized spacial score (nSPS) is 23.7. The van der Waals surface area contributed by atoms with Crippen LogP contribution in [0.5, 0.6) is 0 Å². The quantitative estimate of drug-likeness (QED) is 0.782. The highest BCUT2D eigenvalue weighted by Crippen LogP contribution is 2.22. The molecule has 108 valence electrons. The molecular weight excluding hydrogens is 240 g/mol. The summed E-state index contributed by atoms with van der Waals surface area (Å²) in [5.41, 5.74) is 0. The van der Waals surface area contributed by atoms with Crippen molar-refractivity contribution >= 4 is 11.7 Å². The van der Waals surface area contributed by atoms with E-state index in [4.69, 9.17) is 0 Å². The zero-order valence-corrected chi connectivity index (χ0v) is 12.2. The number of piperidine rings is 1. The molecule has 19 heavy (non-hydrogen) atoms. The van der Waals surface area contributed by atoms with Crippen LogP contribution in [0.3, 0.4) is 0 Å². The molecule has 1 saturated heterocycles. The van der Waals surface area contributed by atoms with Gasteiger partial charge in [-0.2, -0.15) is 0 Å². The van der Waals surface area contributed by atoms with Crippen LogP contribution in [0.4, 0.5) is 0 Å². The number of hydrogen-bond donors (Lipinski definition) is 0. The summed E-state index contributed by atoms with van der Waals surface area (Å²) >= 11 is 0. The SMILES string of the molecule is CC(C(=O)N1CCCCC1)N(C)C1CCC(=O)CC1. The lowest BCUT2D eigenvalue weighted by Gasteiger charge is -2.37. The third-order valence-electron chi connectivity index (χ3n) is 4.72. The maximum Gasteiger partial charge on any atom is 0.239 e. The summed E-state index contributed by atoms with van der Waals surface area (Å²) in [6.45, 7) is 3.84. The average Bonchev–Trinajstić information content (AvgIpc) is 2.46. The van der Waals surface area contributed by atoms with E-state index in [0.717, 1.165) is 38.8 Å². The smallest absolute Gasteiger partial charge is 0.239 e. The molecule has 1 amide bonds. The molecule has 1 atom stereocenters. The number of likely N-dealkylation sites (N-methyl/N-ethyl adjacent to an activating group) is 1. The van der Waals surface area contributed by atoms with Crippen molar-refractivity contribution in [2.45, 2.75) is 64.0 Å². The Balaban J connectivity index is 1.88. The number of amides is 1. The molecule has 1 heterocycles. The highest BCUT2D eigenvalue weighted by atomic mass is 16.2. The molecule has 1 aliphatic heterocycles. The van der Waals surface area contributed by atoms with Crippen molar-refractivity contribution in [2.24, 2.45) is 0 Å². The van der Waals surface area contributed by atoms with Gasteiger partial charge in [0.15, 0.2) is 0 Å². The Kier molecular flexibility index (Phi) is 4.97. The van der Waals surface area contributed by atoms with Crippen molar-refractivity contribution in [1.82, 2.24) is 9.80 Å². The Hall–Kier alpha value is -0.900. The van der Waals surface area contributed by atoms with Crippen molar-refractivity contribution in [3.05, 3.63) is 0 Å². The highest BCUT2D eigenvalue weighted by molar-refractivity contribution is 5.82. The van der Waals surface area contributed by atoms with Gasteiger partial charge in [-0.3, -0.25) is 14.5 Å². The van der Waals surface area contributed by atoms with E-state index in [1.807, 2.05) is 18.9 Å². The fourth-order valence-corrected chi connectivity index (χ4v) is 3.20. The van der Waals surface area contributed by atoms with E-state index in [1.54, 1.807) is 0 Å². The van der Waals surface area contributed by atoms with Crippen LogP contribution >= 0.6 is 0 Å². The topological polar surface area (TPSA) is 40.6 Å². The molecule has 0 aromatic carbocycles. The first kappa shape index (κ1) is 14.5. The van der Waals surface area contributed by atoms with Gasteiger partial charge in [0, 0.05) is 32.0 Å². The minimum Gasteiger partial charge on any atom is -0.341 e. The number of nitrogens with zero attached hydrogens (tertiary/aromatic N) is 2. The van der Waals surface area contributed by atoms with Gasteiger partial charge in [0.05, 0.1) is 6.04 Å². The van der Waals surface area contributed by atoms with Gasteiger partial charge in [-0.15, -0.1) is 0 Å². The summed E-state index contributed by atoms with van der Waals surface area (Å²) in [5.74, 6) is 0.638. The van der Waals surface area contributed by atoms with Crippen molar-refractivity contribution in [3.63, 3.8) is 0 Å². The molecule has 0 spiro atoms. The first-order valence-electron chi connectivity index (χ1n) is 7.62. The van der Waals surface area contributed by atoms with Crippen molar-refractivity contribution in [1.29, 1.82) is 0 Å². The van der Waals surface area contributed by atoms with Gasteiger partial charge in [-0.05, 0) is 46.1 Å². The van der Waals surface area contributed by atoms with Crippen LogP contribution < -0.4 is 0 Å². The number of ketones is 1. The standard InChI is InChI=1S/C15H26N2O2/c1-12(15(19)17-10-4-3-5-11-17)16(2)13-6-8-14(18)9-7-13/h12-13H,3-11H2,1-2H3. The van der Waals surface area contributed by atoms with Crippen molar-refractivity contribution in [3.8, 4) is 0 Å². The molecule has 0 aromatic heterocycles. The van der Waals surface area contributed by atoms with Gasteiger partial charge in [-0.25, -0.2) is 0 Å². The zero-order chi connectivity index (χ0) is 13.8. The summed E-state index contributed by atoms with van der Waals surface area (Å²) in [6, 6.07) is 0.331. The molecule has 1 aliphatic carbocycles. The Morgan fingerprint density at radius 2 is 1.79 bits per heavy atom. The minimum absolute atomic E-state index is 0.0590. The lowest BCUT2D eigenvalue weighted by atomic mass is 9.92. The highest BCUT2D eigenvalue weighted by Gasteiger charge is 2.30. The third-order valence-corrected chi connectivity index (χ3v) is 4.72. The molecule has 2 fully saturated rings. The van der Waals surface area contributed by atoms with Gasteiger partial charge in [-0.1, -0.05) is 0 Å². The zero-order valence-electron chi connectivity index (χ0n) is 12.2. The molecule has 4 heteroatoms. The lowest BCUT2D eigenvalue weighted by Crippen LogP contribution is -2.51. The number of carbonyl (C=O) groups is 2. The molecule has 1 unspecified atom stereocenters. The van der Waals surface area contributed by atoms with Crippen LogP contribution in [-0.2, 0) is 9.59 Å². The molecule has 0 bridgehead atoms. The van der Waals surface area contributed by atoms with Gasteiger partial charge in [0.2, 0.25) is 5.91 Å². The van der Waals surface area contributed by atoms with Crippen LogP contribution in [0, 0.1) is 0 Å². The molecule has 0 N–H and O–H groups in total. The molecule has 2 rings (SSSR count). The van der Waals surface area contributed by atoms with E-state index in [9.17, 15) is 9.59 Å². The van der Waals surface area contributed by atoms with E-state index >= 15 is 0 Å². The fraction of sp³-hybridized carbons (Fsp3) is 0.867. The van der Waals surface area contributed by atoms with E-state index in [1.165, 1.54) is 6.42 Å². The number of rotatable bonds is 3. The van der Waals surface area contributed by atoms with Crippen LogP contribution in [0.25, 0.3) is 0 Å². The predicted molar refractivity (Wildman–Crippen MR) is 74.9 cm³/mol. The van der Waals surface area contributed by atoms with Crippen molar-refractivity contribution in [2.75, 3.05) is 20.1 Å². The Bertz CT molecular complexity index is 327. The van der Waals surface area contributed by atoms with Gasteiger partial charge in [0.25, 0.3) is 0 Å². The number of carbonyl (C=O) groups excluding carboxylic acids is 2. The van der Waals surface area contributed by atoms with Gasteiger partial charge < -0.3 is 4.90 Å². The lowest BCUT2D eigenvalue weighted by molar-refractivity contribution is -0.138. The van der Waals surface area contributed by atoms with Gasteiger partial charge in [0.1, 0.15) is 5.78 Å².